The van der Waals surface area contributed by atoms with E-state index in [0.717, 1.165) is 76.6 Å². The lowest BCUT2D eigenvalue weighted by molar-refractivity contribution is -0.134. The van der Waals surface area contributed by atoms with Crippen LogP contribution in [0.5, 0.6) is 0 Å². The standard InChI is InChI=1S/C19H30N4O/c1-3-21-11-13-23(14-12-21)19(24)15-17-7-9-22(10-8-17)18-6-4-5-16(2)20-18/h4-6,17H,3,7-15H2,1-2H3. The number of aromatic nitrogens is 1. The zero-order valence-corrected chi connectivity index (χ0v) is 15.1. The van der Waals surface area contributed by atoms with E-state index in [4.69, 9.17) is 0 Å². The molecule has 3 heterocycles. The summed E-state index contributed by atoms with van der Waals surface area (Å²) in [5.74, 6) is 1.97. The number of piperazine rings is 1. The van der Waals surface area contributed by atoms with Gasteiger partial charge in [-0.2, -0.15) is 0 Å². The van der Waals surface area contributed by atoms with Crippen LogP contribution in [0.3, 0.4) is 0 Å². The van der Waals surface area contributed by atoms with Crippen LogP contribution >= 0.6 is 0 Å². The molecule has 2 fully saturated rings. The summed E-state index contributed by atoms with van der Waals surface area (Å²) in [6.45, 7) is 11.2. The molecular weight excluding hydrogens is 300 g/mol. The van der Waals surface area contributed by atoms with E-state index < -0.39 is 0 Å². The van der Waals surface area contributed by atoms with Crippen LogP contribution in [0.2, 0.25) is 0 Å². The van der Waals surface area contributed by atoms with Gasteiger partial charge in [0.05, 0.1) is 0 Å². The Kier molecular flexibility index (Phi) is 5.72. The Hall–Kier alpha value is -1.62. The maximum atomic E-state index is 12.5. The fourth-order valence-electron chi connectivity index (χ4n) is 3.76. The fraction of sp³-hybridized carbons (Fsp3) is 0.684. The van der Waals surface area contributed by atoms with Crippen molar-refractivity contribution in [3.05, 3.63) is 23.9 Å². The lowest BCUT2D eigenvalue weighted by atomic mass is 9.93. The molecule has 132 valence electrons. The highest BCUT2D eigenvalue weighted by Gasteiger charge is 2.26. The minimum atomic E-state index is 0.359. The van der Waals surface area contributed by atoms with Gasteiger partial charge in [-0.15, -0.1) is 0 Å². The zero-order chi connectivity index (χ0) is 16.9. The van der Waals surface area contributed by atoms with Crippen molar-refractivity contribution in [1.82, 2.24) is 14.8 Å². The van der Waals surface area contributed by atoms with Gasteiger partial charge in [-0.3, -0.25) is 4.79 Å². The maximum Gasteiger partial charge on any atom is 0.222 e. The summed E-state index contributed by atoms with van der Waals surface area (Å²) in [7, 11) is 0. The summed E-state index contributed by atoms with van der Waals surface area (Å²) in [6, 6.07) is 6.20. The number of aryl methyl sites for hydroxylation is 1. The van der Waals surface area contributed by atoms with Crippen molar-refractivity contribution in [2.24, 2.45) is 5.92 Å². The first-order chi connectivity index (χ1) is 11.7. The SMILES string of the molecule is CCN1CCN(C(=O)CC2CCN(c3cccc(C)n3)CC2)CC1. The van der Waals surface area contributed by atoms with E-state index in [9.17, 15) is 4.79 Å². The molecular formula is C19H30N4O. The van der Waals surface area contributed by atoms with Crippen LogP contribution in [0.15, 0.2) is 18.2 Å². The van der Waals surface area contributed by atoms with Crippen molar-refractivity contribution >= 4 is 11.7 Å². The molecule has 0 radical (unpaired) electrons. The molecule has 0 atom stereocenters. The molecule has 0 unspecified atom stereocenters. The summed E-state index contributed by atoms with van der Waals surface area (Å²) in [5, 5.41) is 0. The molecule has 0 bridgehead atoms. The average molecular weight is 330 g/mol. The van der Waals surface area contributed by atoms with E-state index >= 15 is 0 Å². The van der Waals surface area contributed by atoms with Gasteiger partial charge >= 0.3 is 0 Å². The number of hydrogen-bond donors (Lipinski definition) is 0. The molecule has 5 nitrogen and oxygen atoms in total. The van der Waals surface area contributed by atoms with Crippen LogP contribution < -0.4 is 4.90 Å². The average Bonchev–Trinajstić information content (AvgIpc) is 2.62. The van der Waals surface area contributed by atoms with Gasteiger partial charge in [-0.05, 0) is 44.4 Å². The van der Waals surface area contributed by atoms with Crippen molar-refractivity contribution in [2.45, 2.75) is 33.1 Å². The minimum absolute atomic E-state index is 0.359. The Labute approximate surface area is 145 Å². The number of piperidine rings is 1. The Morgan fingerprint density at radius 3 is 2.46 bits per heavy atom. The fourth-order valence-corrected chi connectivity index (χ4v) is 3.76. The topological polar surface area (TPSA) is 39.7 Å². The molecule has 0 aromatic carbocycles. The van der Waals surface area contributed by atoms with Crippen LogP contribution in [0, 0.1) is 12.8 Å². The van der Waals surface area contributed by atoms with Gasteiger partial charge in [-0.25, -0.2) is 4.98 Å². The molecule has 5 heteroatoms. The molecule has 3 rings (SSSR count). The van der Waals surface area contributed by atoms with E-state index in [2.05, 4.69) is 38.7 Å². The molecule has 1 aromatic heterocycles. The Bertz CT molecular complexity index is 546. The summed E-state index contributed by atoms with van der Waals surface area (Å²) in [5.41, 5.74) is 1.07. The highest BCUT2D eigenvalue weighted by molar-refractivity contribution is 5.76. The number of carbonyl (C=O) groups excluding carboxylic acids is 1. The number of carbonyl (C=O) groups is 1. The maximum absolute atomic E-state index is 12.5. The van der Waals surface area contributed by atoms with Gasteiger partial charge in [0.2, 0.25) is 5.91 Å². The van der Waals surface area contributed by atoms with Crippen molar-refractivity contribution in [1.29, 1.82) is 0 Å². The predicted molar refractivity (Wildman–Crippen MR) is 97.2 cm³/mol. The number of anilines is 1. The van der Waals surface area contributed by atoms with Crippen molar-refractivity contribution < 1.29 is 4.79 Å². The highest BCUT2D eigenvalue weighted by atomic mass is 16.2. The second-order valence-corrected chi connectivity index (χ2v) is 7.09. The smallest absolute Gasteiger partial charge is 0.222 e. The largest absolute Gasteiger partial charge is 0.357 e. The summed E-state index contributed by atoms with van der Waals surface area (Å²) in [4.78, 5) is 24.0. The van der Waals surface area contributed by atoms with Gasteiger partial charge in [0, 0.05) is 51.4 Å². The predicted octanol–water partition coefficient (Wildman–Crippen LogP) is 2.16. The molecule has 0 spiro atoms. The van der Waals surface area contributed by atoms with Gasteiger partial charge < -0.3 is 14.7 Å². The van der Waals surface area contributed by atoms with Crippen LogP contribution in [0.4, 0.5) is 5.82 Å². The lowest BCUT2D eigenvalue weighted by Gasteiger charge is -2.36. The van der Waals surface area contributed by atoms with Gasteiger partial charge in [0.15, 0.2) is 0 Å². The van der Waals surface area contributed by atoms with Crippen LogP contribution in [0.25, 0.3) is 0 Å². The van der Waals surface area contributed by atoms with E-state index in [1.165, 1.54) is 0 Å². The number of likely N-dealkylation sites (N-methyl/N-ethyl adjacent to an activating group) is 1. The third-order valence-electron chi connectivity index (χ3n) is 5.45. The molecule has 2 saturated heterocycles. The quantitative estimate of drug-likeness (QED) is 0.848. The van der Waals surface area contributed by atoms with E-state index in [0.29, 0.717) is 11.8 Å². The normalized spacial score (nSPS) is 20.4. The second-order valence-electron chi connectivity index (χ2n) is 7.09. The molecule has 0 N–H and O–H groups in total. The first kappa shape index (κ1) is 17.2. The molecule has 2 aliphatic heterocycles. The first-order valence-corrected chi connectivity index (χ1v) is 9.34. The lowest BCUT2D eigenvalue weighted by Crippen LogP contribution is -2.49. The van der Waals surface area contributed by atoms with Gasteiger partial charge in [0.25, 0.3) is 0 Å². The molecule has 0 saturated carbocycles. The number of amides is 1. The minimum Gasteiger partial charge on any atom is -0.357 e. The summed E-state index contributed by atoms with van der Waals surface area (Å²) in [6.07, 6.45) is 2.91. The number of nitrogens with zero attached hydrogens (tertiary/aromatic N) is 4. The van der Waals surface area contributed by atoms with Crippen LogP contribution in [-0.4, -0.2) is 66.5 Å². The molecule has 1 amide bonds. The Morgan fingerprint density at radius 1 is 1.12 bits per heavy atom. The van der Waals surface area contributed by atoms with Gasteiger partial charge in [-0.1, -0.05) is 13.0 Å². The van der Waals surface area contributed by atoms with Crippen LogP contribution in [-0.2, 0) is 4.79 Å². The van der Waals surface area contributed by atoms with E-state index in [1.807, 2.05) is 13.0 Å². The summed E-state index contributed by atoms with van der Waals surface area (Å²) < 4.78 is 0. The molecule has 24 heavy (non-hydrogen) atoms. The van der Waals surface area contributed by atoms with Crippen molar-refractivity contribution in [2.75, 3.05) is 50.7 Å². The second kappa shape index (κ2) is 7.97. The van der Waals surface area contributed by atoms with Crippen LogP contribution in [0.1, 0.15) is 31.9 Å². The third-order valence-corrected chi connectivity index (χ3v) is 5.45. The number of rotatable bonds is 4. The third kappa shape index (κ3) is 4.26. The Morgan fingerprint density at radius 2 is 1.83 bits per heavy atom. The van der Waals surface area contributed by atoms with Gasteiger partial charge in [0.1, 0.15) is 5.82 Å². The van der Waals surface area contributed by atoms with Crippen molar-refractivity contribution in [3.8, 4) is 0 Å². The van der Waals surface area contributed by atoms with Crippen molar-refractivity contribution in [3.63, 3.8) is 0 Å². The highest BCUT2D eigenvalue weighted by Crippen LogP contribution is 2.25. The molecule has 0 aliphatic carbocycles. The van der Waals surface area contributed by atoms with E-state index in [1.54, 1.807) is 0 Å². The van der Waals surface area contributed by atoms with E-state index in [-0.39, 0.29) is 0 Å². The number of hydrogen-bond acceptors (Lipinski definition) is 4. The number of pyridine rings is 1. The molecule has 2 aliphatic rings. The Balaban J connectivity index is 1.44. The summed E-state index contributed by atoms with van der Waals surface area (Å²) >= 11 is 0. The zero-order valence-electron chi connectivity index (χ0n) is 15.1. The monoisotopic (exact) mass is 330 g/mol. The molecule has 1 aromatic rings. The first-order valence-electron chi connectivity index (χ1n) is 9.34.